The third-order valence-electron chi connectivity index (χ3n) is 9.55. The largest absolute Gasteiger partial charge is 0.508 e. The van der Waals surface area contributed by atoms with E-state index in [4.69, 9.17) is 84.9 Å². The van der Waals surface area contributed by atoms with Crippen LogP contribution in [0.15, 0.2) is 181 Å². The number of phenolic OH excluding ortho intramolecular Hbond substituents is 3. The second kappa shape index (κ2) is 33.4. The molecule has 0 spiro atoms. The predicted octanol–water partition coefficient (Wildman–Crippen LogP) is 11.3. The van der Waals surface area contributed by atoms with Crippen LogP contribution in [0.4, 0.5) is 58.7 Å². The van der Waals surface area contributed by atoms with Crippen molar-refractivity contribution in [3.63, 3.8) is 0 Å². The number of thioether (sulfide) groups is 1. The molecule has 0 aliphatic carbocycles. The minimum atomic E-state index is -4.27. The Labute approximate surface area is 445 Å². The monoisotopic (exact) mass is 1070 g/mol. The summed E-state index contributed by atoms with van der Waals surface area (Å²) in [6.45, 7) is 2.43. The molecule has 20 heteroatoms. The smallest absolute Gasteiger partial charge is 0.416 e. The summed E-state index contributed by atoms with van der Waals surface area (Å²) in [6.07, 6.45) is -1.14. The molecule has 406 valence electrons. The van der Waals surface area contributed by atoms with E-state index in [9.17, 15) is 13.2 Å². The molecule has 0 radical (unpaired) electrons. The van der Waals surface area contributed by atoms with Crippen LogP contribution >= 0.6 is 11.8 Å². The second-order valence-corrected chi connectivity index (χ2v) is 16.2. The molecule has 0 atom stereocenters. The molecule has 1 aliphatic rings. The topological polar surface area (TPSA) is 315 Å². The van der Waals surface area contributed by atoms with E-state index < -0.39 is 11.7 Å². The Morgan fingerprint density at radius 1 is 0.461 bits per heavy atom. The number of rotatable bonds is 5. The van der Waals surface area contributed by atoms with Gasteiger partial charge in [0.1, 0.15) is 11.5 Å². The molecule has 8 aromatic carbocycles. The molecule has 0 aromatic heterocycles. The summed E-state index contributed by atoms with van der Waals surface area (Å²) in [6, 6.07) is 48.6. The summed E-state index contributed by atoms with van der Waals surface area (Å²) in [5.74, 6) is 3.62. The molecule has 0 saturated heterocycles. The van der Waals surface area contributed by atoms with Crippen molar-refractivity contribution in [1.29, 1.82) is 0 Å². The minimum Gasteiger partial charge on any atom is -0.508 e. The van der Waals surface area contributed by atoms with Gasteiger partial charge in [0.2, 0.25) is 6.79 Å². The number of nitrogen functional groups attached to an aromatic ring is 8. The molecule has 1 aliphatic heterocycles. The Morgan fingerprint density at radius 2 is 0.882 bits per heavy atom. The molecule has 16 nitrogen and oxygen atoms in total. The molecule has 76 heavy (non-hydrogen) atoms. The molecule has 0 saturated carbocycles. The summed E-state index contributed by atoms with van der Waals surface area (Å²) in [7, 11) is 4.80. The Morgan fingerprint density at radius 3 is 1.33 bits per heavy atom. The van der Waals surface area contributed by atoms with E-state index in [0.29, 0.717) is 46.7 Å². The molecule has 19 N–H and O–H groups in total. The number of phenols is 3. The van der Waals surface area contributed by atoms with Gasteiger partial charge < -0.3 is 84.9 Å². The number of hydrogen-bond donors (Lipinski definition) is 11. The van der Waals surface area contributed by atoms with Gasteiger partial charge in [-0.3, -0.25) is 0 Å². The van der Waals surface area contributed by atoms with E-state index in [2.05, 4.69) is 19.1 Å². The number of aryl methyl sites for hydroxylation is 1. The molecule has 0 bridgehead atoms. The molecule has 1 heterocycles. The highest BCUT2D eigenvalue weighted by molar-refractivity contribution is 7.98. The highest BCUT2D eigenvalue weighted by Gasteiger charge is 2.29. The lowest BCUT2D eigenvalue weighted by molar-refractivity contribution is -0.137. The van der Waals surface area contributed by atoms with Crippen LogP contribution in [-0.2, 0) is 12.6 Å². The van der Waals surface area contributed by atoms with E-state index >= 15 is 0 Å². The van der Waals surface area contributed by atoms with Crippen molar-refractivity contribution in [1.82, 2.24) is 0 Å². The van der Waals surface area contributed by atoms with Crippen LogP contribution in [0, 0.1) is 0 Å². The first kappa shape index (κ1) is 62.8. The Kier molecular flexibility index (Phi) is 27.6. The first-order valence-electron chi connectivity index (χ1n) is 22.6. The molecule has 0 unspecified atom stereocenters. The fourth-order valence-corrected chi connectivity index (χ4v) is 5.82. The fraction of sp³-hybridized carbons (Fsp3) is 0.143. The average molecular weight is 1070 g/mol. The van der Waals surface area contributed by atoms with Gasteiger partial charge in [-0.05, 0) is 164 Å². The van der Waals surface area contributed by atoms with Gasteiger partial charge in [-0.15, -0.1) is 11.8 Å². The standard InChI is InChI=1S/C8H11NO2.C8H11N.C7H6F3N.C7H7NO2.C7H9NO.C7H9NS.C6H7NO2.C6H7NO/c1-10-7-4-3-6(9)5-8(7)11-2;1-2-7-3-5-8(9)6-4-7;8-7(9,10)5-1-3-6(11)4-2-5;8-5-1-2-6-7(3-5)10-4-9-6;2*1-9-7-4-2-6(8)3-5-7;7-4-1-2-5(8)6(9)3-4;7-5-1-3-6(8)4-2-5/h3-5H,9H2,1-2H3;3-6H,2,9H2,1H3;1-4H,11H2;1-3H,4,8H2;2*2-5H,8H2,1H3;1-3,8-9H,7H2;1-4,8H,7H2. The maximum atomic E-state index is 11.9. The number of alkyl halides is 3. The zero-order chi connectivity index (χ0) is 56.6. The number of ether oxygens (including phenoxy) is 5. The normalized spacial score (nSPS) is 10.2. The molecular formula is C56H67F3N8O8S. The Balaban J connectivity index is 0.000000298. The van der Waals surface area contributed by atoms with Crippen LogP contribution in [0.3, 0.4) is 0 Å². The van der Waals surface area contributed by atoms with Crippen molar-refractivity contribution in [2.45, 2.75) is 24.4 Å². The number of anilines is 8. The molecule has 0 amide bonds. The summed E-state index contributed by atoms with van der Waals surface area (Å²) in [5, 5.41) is 26.2. The van der Waals surface area contributed by atoms with E-state index in [-0.39, 0.29) is 17.2 Å². The summed E-state index contributed by atoms with van der Waals surface area (Å²) in [4.78, 5) is 1.25. The van der Waals surface area contributed by atoms with Gasteiger partial charge in [-0.25, -0.2) is 0 Å². The predicted molar refractivity (Wildman–Crippen MR) is 304 cm³/mol. The van der Waals surface area contributed by atoms with E-state index in [1.54, 1.807) is 106 Å². The van der Waals surface area contributed by atoms with Crippen LogP contribution < -0.4 is 69.6 Å². The van der Waals surface area contributed by atoms with Gasteiger partial charge in [0.05, 0.1) is 26.9 Å². The fourth-order valence-electron chi connectivity index (χ4n) is 5.41. The maximum absolute atomic E-state index is 11.9. The van der Waals surface area contributed by atoms with Crippen LogP contribution in [-0.4, -0.2) is 49.7 Å². The highest BCUT2D eigenvalue weighted by Crippen LogP contribution is 2.33. The SMILES string of the molecule is CCc1ccc(N)cc1.COc1ccc(N)cc1.COc1ccc(N)cc1OC.CSc1ccc(N)cc1.Nc1ccc(C(F)(F)F)cc1.Nc1ccc(O)c(O)c1.Nc1ccc(O)cc1.Nc1ccc2c(c1)OCO2. The van der Waals surface area contributed by atoms with Crippen molar-refractivity contribution in [2.75, 3.05) is 80.2 Å². The van der Waals surface area contributed by atoms with Gasteiger partial charge in [0.25, 0.3) is 0 Å². The minimum absolute atomic E-state index is 0.149. The zero-order valence-electron chi connectivity index (χ0n) is 42.7. The second-order valence-electron chi connectivity index (χ2n) is 15.3. The number of benzene rings is 8. The quantitative estimate of drug-likeness (QED) is 0.0330. The lowest BCUT2D eigenvalue weighted by atomic mass is 10.2. The number of hydrogen-bond acceptors (Lipinski definition) is 17. The van der Waals surface area contributed by atoms with Crippen LogP contribution in [0.5, 0.6) is 46.0 Å². The third kappa shape index (κ3) is 25.4. The van der Waals surface area contributed by atoms with Crippen LogP contribution in [0.2, 0.25) is 0 Å². The lowest BCUT2D eigenvalue weighted by Gasteiger charge is -2.06. The zero-order valence-corrected chi connectivity index (χ0v) is 43.5. The van der Waals surface area contributed by atoms with Gasteiger partial charge in [-0.1, -0.05) is 19.1 Å². The molecule has 8 aromatic rings. The molecular weight excluding hydrogens is 1000 g/mol. The third-order valence-corrected chi connectivity index (χ3v) is 10.3. The van der Waals surface area contributed by atoms with Crippen molar-refractivity contribution >= 4 is 57.3 Å². The number of fused-ring (bicyclic) bond motifs is 1. The number of methoxy groups -OCH3 is 3. The van der Waals surface area contributed by atoms with Crippen molar-refractivity contribution in [3.05, 3.63) is 187 Å². The van der Waals surface area contributed by atoms with E-state index in [1.807, 2.05) is 54.8 Å². The number of halogens is 3. The maximum Gasteiger partial charge on any atom is 0.416 e. The first-order chi connectivity index (χ1) is 36.1. The summed E-state index contributed by atoms with van der Waals surface area (Å²) < 4.78 is 60.7. The summed E-state index contributed by atoms with van der Waals surface area (Å²) >= 11 is 1.72. The van der Waals surface area contributed by atoms with Crippen molar-refractivity contribution in [2.24, 2.45) is 0 Å². The van der Waals surface area contributed by atoms with Crippen LogP contribution in [0.25, 0.3) is 0 Å². The van der Waals surface area contributed by atoms with Crippen molar-refractivity contribution in [3.8, 4) is 46.0 Å². The van der Waals surface area contributed by atoms with Gasteiger partial charge in [-0.2, -0.15) is 13.2 Å². The van der Waals surface area contributed by atoms with Gasteiger partial charge >= 0.3 is 6.18 Å². The molecule has 9 rings (SSSR count). The Hall–Kier alpha value is -9.30. The van der Waals surface area contributed by atoms with Crippen LogP contribution in [0.1, 0.15) is 18.1 Å². The van der Waals surface area contributed by atoms with Gasteiger partial charge in [0, 0.05) is 68.6 Å². The van der Waals surface area contributed by atoms with E-state index in [0.717, 1.165) is 52.9 Å². The first-order valence-corrected chi connectivity index (χ1v) is 23.8. The lowest BCUT2D eigenvalue weighted by Crippen LogP contribution is -2.04. The van der Waals surface area contributed by atoms with E-state index in [1.165, 1.54) is 40.8 Å². The Bertz CT molecular complexity index is 2740. The average Bonchev–Trinajstić information content (AvgIpc) is 3.88. The number of aromatic hydroxyl groups is 3. The molecule has 0 fully saturated rings. The highest BCUT2D eigenvalue weighted by atomic mass is 32.2. The number of nitrogens with two attached hydrogens (primary N) is 8. The van der Waals surface area contributed by atoms with Gasteiger partial charge in [0.15, 0.2) is 34.5 Å². The summed E-state index contributed by atoms with van der Waals surface area (Å²) in [5.41, 5.74) is 49.1. The van der Waals surface area contributed by atoms with Crippen molar-refractivity contribution < 1.29 is 52.2 Å².